The van der Waals surface area contributed by atoms with Crippen LogP contribution in [0, 0.1) is 19.7 Å². The van der Waals surface area contributed by atoms with Crippen molar-refractivity contribution in [2.24, 2.45) is 0 Å². The fraction of sp³-hybridized carbons (Fsp3) is 0.280. The zero-order chi connectivity index (χ0) is 22.2. The number of fused-ring (bicyclic) bond motifs is 1. The Morgan fingerprint density at radius 2 is 1.69 bits per heavy atom. The highest BCUT2D eigenvalue weighted by molar-refractivity contribution is 7.20. The molecule has 1 aliphatic heterocycles. The number of hydrogen-bond acceptors (Lipinski definition) is 4. The number of nitrogens with zero attached hydrogens (tertiary/aromatic N) is 4. The molecule has 164 valence electrons. The van der Waals surface area contributed by atoms with Crippen molar-refractivity contribution in [3.8, 4) is 5.69 Å². The Morgan fingerprint density at radius 3 is 2.38 bits per heavy atom. The maximum absolute atomic E-state index is 13.2. The van der Waals surface area contributed by atoms with Crippen molar-refractivity contribution >= 4 is 27.5 Å². The molecule has 5 rings (SSSR count). The van der Waals surface area contributed by atoms with Crippen LogP contribution in [0.5, 0.6) is 0 Å². The topological polar surface area (TPSA) is 41.4 Å². The highest BCUT2D eigenvalue weighted by atomic mass is 32.1. The molecule has 7 heteroatoms. The average molecular weight is 449 g/mol. The van der Waals surface area contributed by atoms with Crippen LogP contribution in [0.15, 0.2) is 54.6 Å². The third-order valence-corrected chi connectivity index (χ3v) is 7.11. The van der Waals surface area contributed by atoms with E-state index < -0.39 is 0 Å². The summed E-state index contributed by atoms with van der Waals surface area (Å²) in [6, 6.07) is 16.9. The Kier molecular flexibility index (Phi) is 5.53. The van der Waals surface area contributed by atoms with Gasteiger partial charge >= 0.3 is 0 Å². The molecule has 1 saturated heterocycles. The van der Waals surface area contributed by atoms with E-state index in [0.29, 0.717) is 13.1 Å². The Bertz CT molecular complexity index is 1250. The third kappa shape index (κ3) is 4.06. The number of benzene rings is 2. The van der Waals surface area contributed by atoms with E-state index in [4.69, 9.17) is 0 Å². The van der Waals surface area contributed by atoms with E-state index in [9.17, 15) is 9.18 Å². The Labute approximate surface area is 190 Å². The lowest BCUT2D eigenvalue weighted by atomic mass is 10.2. The summed E-state index contributed by atoms with van der Waals surface area (Å²) in [5, 5.41) is 5.73. The number of carbonyl (C=O) groups excluding carboxylic acids is 1. The van der Waals surface area contributed by atoms with Gasteiger partial charge in [-0.15, -0.1) is 11.3 Å². The van der Waals surface area contributed by atoms with Gasteiger partial charge in [0.15, 0.2) is 0 Å². The summed E-state index contributed by atoms with van der Waals surface area (Å²) in [5.74, 6) is -0.129. The Morgan fingerprint density at radius 1 is 1.00 bits per heavy atom. The molecule has 0 atom stereocenters. The highest BCUT2D eigenvalue weighted by Gasteiger charge is 2.25. The maximum atomic E-state index is 13.2. The number of carbonyl (C=O) groups is 1. The Balaban J connectivity index is 1.29. The molecule has 0 unspecified atom stereocenters. The van der Waals surface area contributed by atoms with Crippen LogP contribution in [0.3, 0.4) is 0 Å². The fourth-order valence-electron chi connectivity index (χ4n) is 4.13. The molecule has 2 aromatic heterocycles. The lowest BCUT2D eigenvalue weighted by Crippen LogP contribution is -2.48. The molecule has 0 aliphatic carbocycles. The average Bonchev–Trinajstić information content (AvgIpc) is 3.37. The van der Waals surface area contributed by atoms with E-state index in [-0.39, 0.29) is 11.7 Å². The molecule has 0 bridgehead atoms. The number of piperazine rings is 1. The van der Waals surface area contributed by atoms with Gasteiger partial charge in [0.25, 0.3) is 5.91 Å². The fourth-order valence-corrected chi connectivity index (χ4v) is 5.28. The molecule has 0 saturated carbocycles. The quantitative estimate of drug-likeness (QED) is 0.450. The molecule has 0 spiro atoms. The molecule has 0 radical (unpaired) electrons. The van der Waals surface area contributed by atoms with E-state index in [1.807, 2.05) is 34.7 Å². The first kappa shape index (κ1) is 20.8. The number of rotatable bonds is 4. The van der Waals surface area contributed by atoms with Crippen LogP contribution in [0.25, 0.3) is 15.9 Å². The molecular formula is C25H25FN4OS. The summed E-state index contributed by atoms with van der Waals surface area (Å²) < 4.78 is 15.1. The summed E-state index contributed by atoms with van der Waals surface area (Å²) in [6.07, 6.45) is 0. The lowest BCUT2D eigenvalue weighted by molar-refractivity contribution is 0.0633. The van der Waals surface area contributed by atoms with Gasteiger partial charge in [-0.1, -0.05) is 29.8 Å². The van der Waals surface area contributed by atoms with Crippen LogP contribution in [-0.2, 0) is 6.54 Å². The van der Waals surface area contributed by atoms with Crippen LogP contribution in [0.4, 0.5) is 4.39 Å². The standard InChI is InChI=1S/C25H25FN4OS/c1-17-3-9-21(10-4-17)30-25-22(18(2)27-30)15-23(32-25)24(31)29-13-11-28(12-14-29)16-19-5-7-20(26)8-6-19/h3-10,15H,11-14,16H2,1-2H3. The molecule has 2 aromatic carbocycles. The monoisotopic (exact) mass is 448 g/mol. The van der Waals surface area contributed by atoms with Gasteiger partial charge in [0.2, 0.25) is 0 Å². The molecular weight excluding hydrogens is 423 g/mol. The van der Waals surface area contributed by atoms with Crippen molar-refractivity contribution in [3.63, 3.8) is 0 Å². The molecule has 5 nitrogen and oxygen atoms in total. The first-order valence-corrected chi connectivity index (χ1v) is 11.6. The molecule has 1 amide bonds. The summed E-state index contributed by atoms with van der Waals surface area (Å²) in [5.41, 5.74) is 4.23. The Hall–Kier alpha value is -3.03. The molecule has 1 aliphatic rings. The van der Waals surface area contributed by atoms with Gasteiger partial charge in [-0.05, 0) is 49.7 Å². The largest absolute Gasteiger partial charge is 0.335 e. The molecule has 32 heavy (non-hydrogen) atoms. The summed E-state index contributed by atoms with van der Waals surface area (Å²) >= 11 is 1.51. The van der Waals surface area contributed by atoms with Gasteiger partial charge in [-0.25, -0.2) is 9.07 Å². The number of thiophene rings is 1. The second kappa shape index (κ2) is 8.48. The van der Waals surface area contributed by atoms with Crippen molar-refractivity contribution in [2.75, 3.05) is 26.2 Å². The van der Waals surface area contributed by atoms with Crippen molar-refractivity contribution in [2.45, 2.75) is 20.4 Å². The normalized spacial score (nSPS) is 14.9. The first-order valence-electron chi connectivity index (χ1n) is 10.8. The van der Waals surface area contributed by atoms with E-state index in [2.05, 4.69) is 41.2 Å². The number of aromatic nitrogens is 2. The van der Waals surface area contributed by atoms with E-state index in [0.717, 1.165) is 51.7 Å². The summed E-state index contributed by atoms with van der Waals surface area (Å²) in [7, 11) is 0. The van der Waals surface area contributed by atoms with E-state index in [1.165, 1.54) is 29.0 Å². The predicted molar refractivity (Wildman–Crippen MR) is 126 cm³/mol. The van der Waals surface area contributed by atoms with Crippen molar-refractivity contribution in [1.29, 1.82) is 0 Å². The molecule has 1 fully saturated rings. The smallest absolute Gasteiger partial charge is 0.264 e. The minimum absolute atomic E-state index is 0.0856. The van der Waals surface area contributed by atoms with Crippen LogP contribution < -0.4 is 0 Å². The van der Waals surface area contributed by atoms with Crippen LogP contribution in [0.1, 0.15) is 26.5 Å². The number of halogens is 1. The number of amides is 1. The van der Waals surface area contributed by atoms with E-state index in [1.54, 1.807) is 0 Å². The van der Waals surface area contributed by atoms with Gasteiger partial charge in [0, 0.05) is 38.1 Å². The predicted octanol–water partition coefficient (Wildman–Crippen LogP) is 4.80. The zero-order valence-corrected chi connectivity index (χ0v) is 19.0. The van der Waals surface area contributed by atoms with Crippen molar-refractivity contribution in [1.82, 2.24) is 19.6 Å². The highest BCUT2D eigenvalue weighted by Crippen LogP contribution is 2.31. The van der Waals surface area contributed by atoms with Gasteiger partial charge in [0.1, 0.15) is 10.6 Å². The van der Waals surface area contributed by atoms with Crippen LogP contribution >= 0.6 is 11.3 Å². The zero-order valence-electron chi connectivity index (χ0n) is 18.2. The van der Waals surface area contributed by atoms with Crippen molar-refractivity contribution < 1.29 is 9.18 Å². The summed E-state index contributed by atoms with van der Waals surface area (Å²) in [6.45, 7) is 7.83. The van der Waals surface area contributed by atoms with Crippen LogP contribution in [0.2, 0.25) is 0 Å². The van der Waals surface area contributed by atoms with Gasteiger partial charge in [-0.2, -0.15) is 5.10 Å². The minimum Gasteiger partial charge on any atom is -0.335 e. The second-order valence-electron chi connectivity index (χ2n) is 8.36. The number of hydrogen-bond donors (Lipinski definition) is 0. The summed E-state index contributed by atoms with van der Waals surface area (Å²) in [4.78, 5) is 19.2. The third-order valence-electron chi connectivity index (χ3n) is 6.01. The second-order valence-corrected chi connectivity index (χ2v) is 9.39. The van der Waals surface area contributed by atoms with E-state index >= 15 is 0 Å². The van der Waals surface area contributed by atoms with Gasteiger partial charge < -0.3 is 4.90 Å². The lowest BCUT2D eigenvalue weighted by Gasteiger charge is -2.34. The van der Waals surface area contributed by atoms with Crippen molar-refractivity contribution in [3.05, 3.63) is 82.1 Å². The van der Waals surface area contributed by atoms with Crippen LogP contribution in [-0.4, -0.2) is 51.7 Å². The SMILES string of the molecule is Cc1ccc(-n2nc(C)c3cc(C(=O)N4CCN(Cc5ccc(F)cc5)CC4)sc32)cc1. The number of aryl methyl sites for hydroxylation is 2. The minimum atomic E-state index is -0.215. The maximum Gasteiger partial charge on any atom is 0.264 e. The molecule has 3 heterocycles. The molecule has 0 N–H and O–H groups in total. The molecule has 4 aromatic rings. The van der Waals surface area contributed by atoms with Gasteiger partial charge in [-0.3, -0.25) is 9.69 Å². The first-order chi connectivity index (χ1) is 15.5. The van der Waals surface area contributed by atoms with Gasteiger partial charge in [0.05, 0.1) is 16.3 Å².